The zero-order valence-corrected chi connectivity index (χ0v) is 24.4. The van der Waals surface area contributed by atoms with Crippen molar-refractivity contribution in [3.8, 4) is 0 Å². The minimum Gasteiger partial charge on any atom is -0.352 e. The zero-order chi connectivity index (χ0) is 28.2. The Kier molecular flexibility index (Phi) is 9.41. The number of nitrogens with zero attached hydrogens (tertiary/aromatic N) is 2. The van der Waals surface area contributed by atoms with Gasteiger partial charge in [0.25, 0.3) is 0 Å². The second kappa shape index (κ2) is 12.6. The van der Waals surface area contributed by atoms with E-state index < -0.39 is 28.5 Å². The minimum atomic E-state index is -3.85. The van der Waals surface area contributed by atoms with Crippen LogP contribution in [0.15, 0.2) is 60.7 Å². The van der Waals surface area contributed by atoms with Gasteiger partial charge in [0, 0.05) is 28.0 Å². The van der Waals surface area contributed by atoms with Crippen molar-refractivity contribution in [2.24, 2.45) is 0 Å². The van der Waals surface area contributed by atoms with Crippen LogP contribution < -0.4 is 9.62 Å². The number of hydrogen-bond acceptors (Lipinski definition) is 4. The molecule has 3 aromatic carbocycles. The van der Waals surface area contributed by atoms with Gasteiger partial charge in [-0.3, -0.25) is 13.9 Å². The van der Waals surface area contributed by atoms with Gasteiger partial charge in [0.15, 0.2) is 0 Å². The number of nitrogens with one attached hydrogen (secondary N) is 1. The predicted octanol–water partition coefficient (Wildman–Crippen LogP) is 5.78. The first-order chi connectivity index (χ1) is 18.6. The Labute approximate surface area is 240 Å². The Morgan fingerprint density at radius 2 is 1.72 bits per heavy atom. The molecule has 0 spiro atoms. The highest BCUT2D eigenvalue weighted by molar-refractivity contribution is 7.92. The number of rotatable bonds is 10. The number of anilines is 1. The lowest BCUT2D eigenvalue weighted by molar-refractivity contribution is -0.140. The highest BCUT2D eigenvalue weighted by atomic mass is 35.5. The van der Waals surface area contributed by atoms with Crippen molar-refractivity contribution in [3.63, 3.8) is 0 Å². The Balaban J connectivity index is 1.70. The van der Waals surface area contributed by atoms with Gasteiger partial charge in [-0.1, -0.05) is 85.4 Å². The average Bonchev–Trinajstić information content (AvgIpc) is 3.40. The summed E-state index contributed by atoms with van der Waals surface area (Å²) in [5.41, 5.74) is 1.01. The highest BCUT2D eigenvalue weighted by Gasteiger charge is 2.33. The number of amides is 2. The Morgan fingerprint density at radius 3 is 2.38 bits per heavy atom. The van der Waals surface area contributed by atoms with Gasteiger partial charge in [-0.25, -0.2) is 8.42 Å². The van der Waals surface area contributed by atoms with Crippen molar-refractivity contribution in [2.75, 3.05) is 17.1 Å². The van der Waals surface area contributed by atoms with Crippen LogP contribution in [-0.2, 0) is 26.2 Å². The van der Waals surface area contributed by atoms with Crippen LogP contribution in [0.2, 0.25) is 10.0 Å². The van der Waals surface area contributed by atoms with Gasteiger partial charge in [0.05, 0.1) is 11.9 Å². The first-order valence-electron chi connectivity index (χ1n) is 13.1. The minimum absolute atomic E-state index is 0.0264. The molecule has 2 amide bonds. The van der Waals surface area contributed by atoms with E-state index in [1.165, 1.54) is 4.90 Å². The fourth-order valence-electron chi connectivity index (χ4n) is 5.14. The highest BCUT2D eigenvalue weighted by Crippen LogP contribution is 2.29. The Bertz CT molecular complexity index is 1450. The summed E-state index contributed by atoms with van der Waals surface area (Å²) in [7, 11) is -3.85. The zero-order valence-electron chi connectivity index (χ0n) is 22.1. The second-order valence-electron chi connectivity index (χ2n) is 9.94. The molecule has 0 bridgehead atoms. The van der Waals surface area contributed by atoms with Gasteiger partial charge in [-0.15, -0.1) is 0 Å². The largest absolute Gasteiger partial charge is 0.352 e. The average molecular weight is 591 g/mol. The van der Waals surface area contributed by atoms with Gasteiger partial charge < -0.3 is 10.2 Å². The predicted molar refractivity (Wildman–Crippen MR) is 158 cm³/mol. The van der Waals surface area contributed by atoms with Gasteiger partial charge in [-0.2, -0.15) is 0 Å². The topological polar surface area (TPSA) is 86.8 Å². The van der Waals surface area contributed by atoms with E-state index in [-0.39, 0.29) is 18.5 Å². The van der Waals surface area contributed by atoms with E-state index >= 15 is 0 Å². The first kappa shape index (κ1) is 29.2. The maximum Gasteiger partial charge on any atom is 0.244 e. The molecule has 4 rings (SSSR count). The van der Waals surface area contributed by atoms with Crippen molar-refractivity contribution in [2.45, 2.75) is 57.7 Å². The van der Waals surface area contributed by atoms with Crippen LogP contribution in [0.3, 0.4) is 0 Å². The van der Waals surface area contributed by atoms with Crippen molar-refractivity contribution in [1.29, 1.82) is 0 Å². The summed E-state index contributed by atoms with van der Waals surface area (Å²) in [6.07, 6.45) is 5.34. The Hall–Kier alpha value is -2.81. The van der Waals surface area contributed by atoms with E-state index in [1.54, 1.807) is 30.3 Å². The molecule has 1 aliphatic rings. The molecule has 208 valence electrons. The second-order valence-corrected chi connectivity index (χ2v) is 12.7. The van der Waals surface area contributed by atoms with Crippen LogP contribution in [0, 0.1) is 0 Å². The smallest absolute Gasteiger partial charge is 0.244 e. The molecule has 1 saturated carbocycles. The lowest BCUT2D eigenvalue weighted by atomic mass is 10.1. The SMILES string of the molecule is CC[C@H](C(=O)NC1CCCC1)N(Cc1ccc(Cl)cc1Cl)C(=O)CN(c1cccc2ccccc12)S(C)(=O)=O. The molecule has 0 aliphatic heterocycles. The maximum absolute atomic E-state index is 14.0. The summed E-state index contributed by atoms with van der Waals surface area (Å²) in [5, 5.41) is 5.46. The Morgan fingerprint density at radius 1 is 1.03 bits per heavy atom. The molecule has 1 N–H and O–H groups in total. The third-order valence-electron chi connectivity index (χ3n) is 7.16. The number of carbonyl (C=O) groups is 2. The molecule has 0 saturated heterocycles. The summed E-state index contributed by atoms with van der Waals surface area (Å²) >= 11 is 12.5. The van der Waals surface area contributed by atoms with Gasteiger partial charge in [0.2, 0.25) is 21.8 Å². The number of hydrogen-bond donors (Lipinski definition) is 1. The fraction of sp³-hybridized carbons (Fsp3) is 0.379. The number of fused-ring (bicyclic) bond motifs is 1. The van der Waals surface area contributed by atoms with Crippen molar-refractivity contribution in [1.82, 2.24) is 10.2 Å². The third-order valence-corrected chi connectivity index (χ3v) is 8.87. The van der Waals surface area contributed by atoms with E-state index in [0.717, 1.165) is 41.6 Å². The quantitative estimate of drug-likeness (QED) is 0.325. The van der Waals surface area contributed by atoms with E-state index in [0.29, 0.717) is 33.1 Å². The molecule has 1 aliphatic carbocycles. The molecule has 0 radical (unpaired) electrons. The van der Waals surface area contributed by atoms with Gasteiger partial charge >= 0.3 is 0 Å². The molecule has 0 unspecified atom stereocenters. The molecule has 10 heteroatoms. The molecule has 0 aromatic heterocycles. The van der Waals surface area contributed by atoms with Gasteiger partial charge in [0.1, 0.15) is 12.6 Å². The number of benzene rings is 3. The number of sulfonamides is 1. The van der Waals surface area contributed by atoms with Crippen molar-refractivity contribution in [3.05, 3.63) is 76.3 Å². The van der Waals surface area contributed by atoms with Crippen LogP contribution >= 0.6 is 23.2 Å². The lowest BCUT2D eigenvalue weighted by Gasteiger charge is -2.33. The number of halogens is 2. The van der Waals surface area contributed by atoms with E-state index in [2.05, 4.69) is 5.32 Å². The normalized spacial score (nSPS) is 14.8. The van der Waals surface area contributed by atoms with Crippen LogP contribution in [0.25, 0.3) is 10.8 Å². The molecule has 1 atom stereocenters. The molecule has 3 aromatic rings. The summed E-state index contributed by atoms with van der Waals surface area (Å²) < 4.78 is 27.2. The van der Waals surface area contributed by atoms with Gasteiger partial charge in [-0.05, 0) is 48.4 Å². The lowest BCUT2D eigenvalue weighted by Crippen LogP contribution is -2.53. The van der Waals surface area contributed by atoms with E-state index in [4.69, 9.17) is 23.2 Å². The van der Waals surface area contributed by atoms with Crippen molar-refractivity contribution < 1.29 is 18.0 Å². The molecule has 7 nitrogen and oxygen atoms in total. The molecule has 1 fully saturated rings. The molecule has 0 heterocycles. The summed E-state index contributed by atoms with van der Waals surface area (Å²) in [6.45, 7) is 1.39. The maximum atomic E-state index is 14.0. The van der Waals surface area contributed by atoms with E-state index in [9.17, 15) is 18.0 Å². The number of carbonyl (C=O) groups excluding carboxylic acids is 2. The third kappa shape index (κ3) is 7.04. The molecular weight excluding hydrogens is 557 g/mol. The molecule has 39 heavy (non-hydrogen) atoms. The van der Waals surface area contributed by atoms with E-state index in [1.807, 2.05) is 37.3 Å². The monoisotopic (exact) mass is 589 g/mol. The summed E-state index contributed by atoms with van der Waals surface area (Å²) in [4.78, 5) is 28.9. The summed E-state index contributed by atoms with van der Waals surface area (Å²) in [6, 6.07) is 17.0. The molecular formula is C29H33Cl2N3O4S. The standard InChI is InChI=1S/C29H33Cl2N3O4S/c1-3-26(29(36)32-23-11-5-6-12-23)33(18-21-15-16-22(30)17-25(21)31)28(35)19-34(39(2,37)38)27-14-8-10-20-9-4-7-13-24(20)27/h4,7-10,13-17,23,26H,3,5-6,11-12,18-19H2,1-2H3,(H,32,36)/t26-/m1/s1. The summed E-state index contributed by atoms with van der Waals surface area (Å²) in [5.74, 6) is -0.758. The van der Waals surface area contributed by atoms with Crippen LogP contribution in [0.1, 0.15) is 44.6 Å². The van der Waals surface area contributed by atoms with Crippen molar-refractivity contribution >= 4 is 61.5 Å². The first-order valence-corrected chi connectivity index (χ1v) is 15.7. The fourth-order valence-corrected chi connectivity index (χ4v) is 6.47. The van der Waals surface area contributed by atoms with Crippen LogP contribution in [0.5, 0.6) is 0 Å². The van der Waals surface area contributed by atoms with Crippen LogP contribution in [-0.4, -0.2) is 50.0 Å². The van der Waals surface area contributed by atoms with Crippen LogP contribution in [0.4, 0.5) is 5.69 Å².